The molecule has 0 saturated carbocycles. The minimum absolute atomic E-state index is 0.280. The number of nitro benzene ring substituents is 2. The van der Waals surface area contributed by atoms with Crippen molar-refractivity contribution >= 4 is 17.3 Å². The molecule has 1 aromatic rings. The lowest BCUT2D eigenvalue weighted by atomic mass is 10.1. The molecule has 0 bridgehead atoms. The van der Waals surface area contributed by atoms with Crippen molar-refractivity contribution in [2.75, 3.05) is 6.61 Å². The lowest BCUT2D eigenvalue weighted by molar-refractivity contribution is -0.422. The second-order valence-electron chi connectivity index (χ2n) is 5.12. The van der Waals surface area contributed by atoms with Crippen molar-refractivity contribution in [3.63, 3.8) is 0 Å². The Hall–Kier alpha value is -2.51. The Morgan fingerprint density at radius 3 is 2.40 bits per heavy atom. The number of hydrogen-bond acceptors (Lipinski definition) is 6. The number of rotatable bonds is 4. The zero-order valence-electron chi connectivity index (χ0n) is 11.0. The summed E-state index contributed by atoms with van der Waals surface area (Å²) in [5, 5.41) is 21.6. The molecule has 2 rings (SSSR count). The van der Waals surface area contributed by atoms with Gasteiger partial charge in [-0.15, -0.1) is 0 Å². The molecule has 0 N–H and O–H groups in total. The third kappa shape index (κ3) is 2.90. The predicted molar refractivity (Wildman–Crippen MR) is 70.9 cm³/mol. The Morgan fingerprint density at radius 2 is 1.90 bits per heavy atom. The van der Waals surface area contributed by atoms with Crippen molar-refractivity contribution in [2.45, 2.75) is 25.8 Å². The fourth-order valence-corrected chi connectivity index (χ4v) is 1.91. The van der Waals surface area contributed by atoms with Crippen LogP contribution in [0.2, 0.25) is 0 Å². The summed E-state index contributed by atoms with van der Waals surface area (Å²) in [6.45, 7) is 4.29. The van der Waals surface area contributed by atoms with Gasteiger partial charge in [-0.05, 0) is 19.4 Å². The molecule has 1 heterocycles. The summed E-state index contributed by atoms with van der Waals surface area (Å²) in [6.07, 6.45) is 0.280. The van der Waals surface area contributed by atoms with Gasteiger partial charge < -0.3 is 4.74 Å². The summed E-state index contributed by atoms with van der Waals surface area (Å²) < 4.78 is 5.40. The summed E-state index contributed by atoms with van der Waals surface area (Å²) in [5.74, 6) is 0.484. The largest absolute Gasteiger partial charge is 0.478 e. The predicted octanol–water partition coefficient (Wildman–Crippen LogP) is 2.25. The highest BCUT2D eigenvalue weighted by Crippen LogP contribution is 2.28. The van der Waals surface area contributed by atoms with E-state index in [1.54, 1.807) is 0 Å². The topological polar surface area (TPSA) is 108 Å². The van der Waals surface area contributed by atoms with E-state index in [-0.39, 0.29) is 12.0 Å². The molecule has 0 atom stereocenters. The average molecular weight is 279 g/mol. The summed E-state index contributed by atoms with van der Waals surface area (Å²) >= 11 is 0. The summed E-state index contributed by atoms with van der Waals surface area (Å²) in [6, 6.07) is 3.80. The Balaban J connectivity index is 2.29. The van der Waals surface area contributed by atoms with E-state index in [2.05, 4.69) is 4.99 Å². The summed E-state index contributed by atoms with van der Waals surface area (Å²) in [4.78, 5) is 24.4. The van der Waals surface area contributed by atoms with E-state index in [4.69, 9.17) is 4.74 Å². The summed E-state index contributed by atoms with van der Waals surface area (Å²) in [5.41, 5.74) is -0.792. The molecule has 0 amide bonds. The van der Waals surface area contributed by atoms with Crippen molar-refractivity contribution in [1.29, 1.82) is 0 Å². The Morgan fingerprint density at radius 1 is 1.25 bits per heavy atom. The number of hydrogen-bond donors (Lipinski definition) is 0. The highest BCUT2D eigenvalue weighted by atomic mass is 16.6. The first-order valence-electron chi connectivity index (χ1n) is 5.92. The van der Waals surface area contributed by atoms with Crippen LogP contribution in [0, 0.1) is 20.2 Å². The van der Waals surface area contributed by atoms with Gasteiger partial charge >= 0.3 is 11.4 Å². The first-order valence-corrected chi connectivity index (χ1v) is 5.92. The van der Waals surface area contributed by atoms with Crippen molar-refractivity contribution < 1.29 is 14.6 Å². The number of benzene rings is 1. The van der Waals surface area contributed by atoms with Gasteiger partial charge in [-0.2, -0.15) is 0 Å². The van der Waals surface area contributed by atoms with Crippen LogP contribution >= 0.6 is 0 Å². The molecule has 0 saturated heterocycles. The molecule has 0 aromatic heterocycles. The van der Waals surface area contributed by atoms with Gasteiger partial charge in [0.15, 0.2) is 5.90 Å². The minimum atomic E-state index is -0.769. The first-order chi connectivity index (χ1) is 9.28. The van der Waals surface area contributed by atoms with Gasteiger partial charge in [0.05, 0.1) is 15.4 Å². The molecule has 0 aliphatic carbocycles. The van der Waals surface area contributed by atoms with E-state index >= 15 is 0 Å². The lowest BCUT2D eigenvalue weighted by Crippen LogP contribution is -2.17. The molecule has 0 spiro atoms. The van der Waals surface area contributed by atoms with E-state index in [1.165, 1.54) is 12.1 Å². The van der Waals surface area contributed by atoms with Crippen molar-refractivity contribution in [3.05, 3.63) is 44.0 Å². The normalized spacial score (nSPS) is 16.4. The van der Waals surface area contributed by atoms with Crippen LogP contribution in [-0.2, 0) is 11.2 Å². The van der Waals surface area contributed by atoms with Crippen molar-refractivity contribution in [1.82, 2.24) is 0 Å². The fraction of sp³-hybridized carbons (Fsp3) is 0.417. The third-order valence-corrected chi connectivity index (χ3v) is 2.81. The second-order valence-corrected chi connectivity index (χ2v) is 5.12. The maximum absolute atomic E-state index is 10.9. The molecular formula is C12H13N3O5. The van der Waals surface area contributed by atoms with Gasteiger partial charge in [-0.25, -0.2) is 4.99 Å². The zero-order valence-corrected chi connectivity index (χ0v) is 11.0. The van der Waals surface area contributed by atoms with Gasteiger partial charge in [-0.3, -0.25) is 20.2 Å². The molecule has 8 heteroatoms. The third-order valence-electron chi connectivity index (χ3n) is 2.81. The Labute approximate surface area is 114 Å². The quantitative estimate of drug-likeness (QED) is 0.620. The van der Waals surface area contributed by atoms with E-state index < -0.39 is 21.2 Å². The standard InChI is InChI=1S/C12H13N3O5/c1-12(2)7-20-11(13-12)6-8-3-4-9(14(16)17)10(5-8)15(18)19/h3-5H,6-7H2,1-2H3. The van der Waals surface area contributed by atoms with E-state index in [9.17, 15) is 20.2 Å². The highest BCUT2D eigenvalue weighted by molar-refractivity contribution is 5.81. The molecule has 1 aliphatic heterocycles. The minimum Gasteiger partial charge on any atom is -0.478 e. The molecular weight excluding hydrogens is 266 g/mol. The number of ether oxygens (including phenoxy) is 1. The van der Waals surface area contributed by atoms with Crippen molar-refractivity contribution in [2.24, 2.45) is 4.99 Å². The van der Waals surface area contributed by atoms with E-state index in [0.717, 1.165) is 6.07 Å². The van der Waals surface area contributed by atoms with Gasteiger partial charge in [0.25, 0.3) is 0 Å². The van der Waals surface area contributed by atoms with Gasteiger partial charge in [0.1, 0.15) is 6.61 Å². The van der Waals surface area contributed by atoms with E-state index in [1.807, 2.05) is 13.8 Å². The lowest BCUT2D eigenvalue weighted by Gasteiger charge is -2.07. The van der Waals surface area contributed by atoms with Crippen molar-refractivity contribution in [3.8, 4) is 0 Å². The van der Waals surface area contributed by atoms with Gasteiger partial charge in [0.2, 0.25) is 0 Å². The smallest absolute Gasteiger partial charge is 0.346 e. The van der Waals surface area contributed by atoms with E-state index in [0.29, 0.717) is 18.1 Å². The molecule has 1 aliphatic rings. The average Bonchev–Trinajstić information content (AvgIpc) is 2.68. The molecule has 20 heavy (non-hydrogen) atoms. The number of nitrogens with zero attached hydrogens (tertiary/aromatic N) is 3. The molecule has 0 unspecified atom stereocenters. The first kappa shape index (κ1) is 13.9. The molecule has 8 nitrogen and oxygen atoms in total. The molecule has 1 aromatic carbocycles. The van der Waals surface area contributed by atoms with Gasteiger partial charge in [-0.1, -0.05) is 6.07 Å². The second kappa shape index (κ2) is 4.87. The summed E-state index contributed by atoms with van der Waals surface area (Å²) in [7, 11) is 0. The van der Waals surface area contributed by atoms with Crippen LogP contribution in [0.15, 0.2) is 23.2 Å². The maximum atomic E-state index is 10.9. The fourth-order valence-electron chi connectivity index (χ4n) is 1.91. The maximum Gasteiger partial charge on any atom is 0.346 e. The molecule has 106 valence electrons. The van der Waals surface area contributed by atoms with Crippen LogP contribution in [0.3, 0.4) is 0 Å². The SMILES string of the molecule is CC1(C)COC(Cc2ccc([N+](=O)[O-])c([N+](=O)[O-])c2)=N1. The van der Waals surface area contributed by atoms with Crippen LogP contribution in [0.25, 0.3) is 0 Å². The van der Waals surface area contributed by atoms with Crippen LogP contribution in [0.5, 0.6) is 0 Å². The number of aliphatic imine (C=N–C) groups is 1. The monoisotopic (exact) mass is 279 g/mol. The highest BCUT2D eigenvalue weighted by Gasteiger charge is 2.28. The Kier molecular flexibility index (Phi) is 3.39. The van der Waals surface area contributed by atoms with Crippen LogP contribution in [0.4, 0.5) is 11.4 Å². The van der Waals surface area contributed by atoms with Crippen LogP contribution in [0.1, 0.15) is 19.4 Å². The van der Waals surface area contributed by atoms with Crippen LogP contribution in [-0.4, -0.2) is 27.9 Å². The molecule has 0 radical (unpaired) electrons. The Bertz CT molecular complexity index is 609. The number of nitro groups is 2. The zero-order chi connectivity index (χ0) is 14.9. The van der Waals surface area contributed by atoms with Gasteiger partial charge in [0, 0.05) is 18.6 Å². The molecule has 0 fully saturated rings. The van der Waals surface area contributed by atoms with Crippen LogP contribution < -0.4 is 0 Å².